The van der Waals surface area contributed by atoms with E-state index in [9.17, 15) is 9.90 Å². The van der Waals surface area contributed by atoms with Crippen molar-refractivity contribution in [3.8, 4) is 5.88 Å². The highest BCUT2D eigenvalue weighted by molar-refractivity contribution is 5.82. The van der Waals surface area contributed by atoms with Crippen LogP contribution in [0.5, 0.6) is 5.88 Å². The highest BCUT2D eigenvalue weighted by atomic mass is 19.3. The zero-order valence-corrected chi connectivity index (χ0v) is 24.2. The summed E-state index contributed by atoms with van der Waals surface area (Å²) in [5.41, 5.74) is -1.95. The van der Waals surface area contributed by atoms with E-state index < -0.39 is 22.9 Å². The number of hydrogen-bond acceptors (Lipinski definition) is 6. The molecule has 0 amide bonds. The molecule has 39 heavy (non-hydrogen) atoms. The fourth-order valence-corrected chi connectivity index (χ4v) is 7.82. The van der Waals surface area contributed by atoms with Crippen LogP contribution in [0.25, 0.3) is 0 Å². The first-order valence-electron chi connectivity index (χ1n) is 14.8. The van der Waals surface area contributed by atoms with Gasteiger partial charge in [-0.3, -0.25) is 9.48 Å². The van der Waals surface area contributed by atoms with Crippen molar-refractivity contribution in [2.24, 2.45) is 35.0 Å². The van der Waals surface area contributed by atoms with Crippen LogP contribution in [0.4, 0.5) is 8.78 Å². The van der Waals surface area contributed by atoms with Gasteiger partial charge < -0.3 is 19.3 Å². The number of ketones is 1. The first-order valence-corrected chi connectivity index (χ1v) is 14.8. The molecule has 9 heteroatoms. The topological polar surface area (TPSA) is 82.8 Å². The molecule has 0 unspecified atom stereocenters. The minimum Gasteiger partial charge on any atom is -0.474 e. The maximum atomic E-state index is 15.6. The number of aliphatic hydroxyl groups is 1. The number of nitrogens with zero attached hydrogens (tertiary/aromatic N) is 2. The lowest BCUT2D eigenvalue weighted by Gasteiger charge is -2.50. The zero-order chi connectivity index (χ0) is 28.3. The molecule has 0 aliphatic heterocycles. The van der Waals surface area contributed by atoms with Gasteiger partial charge in [-0.15, -0.1) is 5.10 Å². The average molecular weight is 555 g/mol. The van der Waals surface area contributed by atoms with E-state index in [4.69, 9.17) is 14.2 Å². The van der Waals surface area contributed by atoms with Crippen molar-refractivity contribution < 1.29 is 32.9 Å². The second kappa shape index (κ2) is 12.5. The maximum Gasteiger partial charge on any atom is 0.254 e. The van der Waals surface area contributed by atoms with E-state index in [1.165, 1.54) is 4.68 Å². The molecule has 222 valence electrons. The Morgan fingerprint density at radius 1 is 1.08 bits per heavy atom. The number of carbonyl (C=O) groups is 1. The Hall–Kier alpha value is -1.58. The summed E-state index contributed by atoms with van der Waals surface area (Å²) in [6.07, 6.45) is 7.69. The summed E-state index contributed by atoms with van der Waals surface area (Å²) in [6.45, 7) is 7.53. The van der Waals surface area contributed by atoms with Gasteiger partial charge in [0.25, 0.3) is 5.92 Å². The summed E-state index contributed by atoms with van der Waals surface area (Å²) in [4.78, 5) is 13.5. The van der Waals surface area contributed by atoms with Crippen LogP contribution in [0.15, 0.2) is 12.3 Å². The van der Waals surface area contributed by atoms with Crippen molar-refractivity contribution in [3.63, 3.8) is 0 Å². The third-order valence-corrected chi connectivity index (χ3v) is 10.2. The summed E-state index contributed by atoms with van der Waals surface area (Å²) >= 11 is 0. The van der Waals surface area contributed by atoms with Crippen molar-refractivity contribution in [2.45, 2.75) is 96.6 Å². The van der Waals surface area contributed by atoms with Gasteiger partial charge in [0.2, 0.25) is 5.88 Å². The third kappa shape index (κ3) is 6.84. The van der Waals surface area contributed by atoms with Gasteiger partial charge >= 0.3 is 0 Å². The third-order valence-electron chi connectivity index (χ3n) is 10.2. The van der Waals surface area contributed by atoms with E-state index in [0.29, 0.717) is 63.4 Å². The first-order chi connectivity index (χ1) is 18.5. The second-order valence-electron chi connectivity index (χ2n) is 12.8. The van der Waals surface area contributed by atoms with Gasteiger partial charge in [-0.25, -0.2) is 8.78 Å². The molecule has 0 aromatic carbocycles. The average Bonchev–Trinajstić information content (AvgIpc) is 3.48. The van der Waals surface area contributed by atoms with Gasteiger partial charge in [0.15, 0.2) is 5.78 Å². The van der Waals surface area contributed by atoms with Crippen LogP contribution in [0.1, 0.15) is 78.6 Å². The van der Waals surface area contributed by atoms with Crippen LogP contribution in [0, 0.1) is 35.0 Å². The van der Waals surface area contributed by atoms with Gasteiger partial charge in [-0.2, -0.15) is 0 Å². The fraction of sp³-hybridized carbons (Fsp3) is 0.867. The zero-order valence-electron chi connectivity index (χ0n) is 24.2. The Balaban J connectivity index is 1.35. The molecule has 3 aliphatic carbocycles. The Morgan fingerprint density at radius 2 is 1.82 bits per heavy atom. The number of aromatic nitrogens is 2. The van der Waals surface area contributed by atoms with Crippen molar-refractivity contribution in [2.75, 3.05) is 33.5 Å². The van der Waals surface area contributed by atoms with E-state index in [1.807, 2.05) is 6.92 Å². The summed E-state index contributed by atoms with van der Waals surface area (Å²) in [6, 6.07) is 1.68. The molecule has 1 N–H and O–H groups in total. The van der Waals surface area contributed by atoms with Crippen LogP contribution in [-0.4, -0.2) is 65.7 Å². The number of methoxy groups -OCH3 is 1. The first kappa shape index (κ1) is 30.4. The Kier molecular flexibility index (Phi) is 9.75. The largest absolute Gasteiger partial charge is 0.474 e. The van der Waals surface area contributed by atoms with E-state index in [2.05, 4.69) is 12.0 Å². The molecule has 1 heterocycles. The minimum atomic E-state index is -2.87. The fourth-order valence-electron chi connectivity index (χ4n) is 7.82. The number of carbonyl (C=O) groups excluding carboxylic acids is 1. The molecule has 7 atom stereocenters. The van der Waals surface area contributed by atoms with Gasteiger partial charge in [0.1, 0.15) is 6.61 Å². The maximum absolute atomic E-state index is 15.6. The van der Waals surface area contributed by atoms with Gasteiger partial charge in [-0.1, -0.05) is 13.8 Å². The molecule has 0 spiro atoms. The number of hydrogen-bond donors (Lipinski definition) is 1. The predicted octanol–water partition coefficient (Wildman–Crippen LogP) is 5.54. The normalized spacial score (nSPS) is 36.0. The molecule has 0 radical (unpaired) electrons. The van der Waals surface area contributed by atoms with E-state index >= 15 is 8.78 Å². The van der Waals surface area contributed by atoms with Crippen LogP contribution >= 0.6 is 0 Å². The summed E-state index contributed by atoms with van der Waals surface area (Å²) in [5.74, 6) is -2.33. The van der Waals surface area contributed by atoms with Crippen LogP contribution in [0.2, 0.25) is 0 Å². The van der Waals surface area contributed by atoms with Crippen molar-refractivity contribution in [1.29, 1.82) is 0 Å². The molecular formula is C30H48F2N2O5. The number of alkyl halides is 2. The van der Waals surface area contributed by atoms with Gasteiger partial charge in [0, 0.05) is 37.1 Å². The second-order valence-corrected chi connectivity index (χ2v) is 12.8. The monoisotopic (exact) mass is 554 g/mol. The summed E-state index contributed by atoms with van der Waals surface area (Å²) < 4.78 is 48.6. The minimum absolute atomic E-state index is 0.0317. The summed E-state index contributed by atoms with van der Waals surface area (Å²) in [5, 5.41) is 14.9. The Morgan fingerprint density at radius 3 is 2.59 bits per heavy atom. The van der Waals surface area contributed by atoms with E-state index in [0.717, 1.165) is 32.1 Å². The van der Waals surface area contributed by atoms with Crippen LogP contribution in [0.3, 0.4) is 0 Å². The Labute approximate surface area is 232 Å². The lowest BCUT2D eigenvalue weighted by molar-refractivity contribution is -0.195. The molecule has 3 fully saturated rings. The number of Topliss-reactive ketones (excluding diaryl/α,β-unsaturated/α-hetero) is 1. The lowest BCUT2D eigenvalue weighted by Crippen LogP contribution is -2.54. The predicted molar refractivity (Wildman–Crippen MR) is 144 cm³/mol. The highest BCUT2D eigenvalue weighted by Gasteiger charge is 2.66. The van der Waals surface area contributed by atoms with E-state index in [-0.39, 0.29) is 30.6 Å². The molecule has 0 saturated heterocycles. The SMILES string of the molecule is COCCOCCOc1ccn(CC(=O)[C@H]2CC[C@H]3[C@H](CC[C@@H]4C[C@](C)(O)CC[C@@H]4C)CCC(F)(F)[C@]23C)n1. The van der Waals surface area contributed by atoms with Crippen LogP contribution in [-0.2, 0) is 20.8 Å². The smallest absolute Gasteiger partial charge is 0.254 e. The molecule has 0 bridgehead atoms. The number of rotatable bonds is 13. The quantitative estimate of drug-likeness (QED) is 0.323. The van der Waals surface area contributed by atoms with Gasteiger partial charge in [0.05, 0.1) is 32.0 Å². The molecular weight excluding hydrogens is 506 g/mol. The van der Waals surface area contributed by atoms with E-state index in [1.54, 1.807) is 26.3 Å². The molecule has 4 rings (SSSR count). The van der Waals surface area contributed by atoms with Crippen molar-refractivity contribution in [3.05, 3.63) is 12.3 Å². The molecule has 7 nitrogen and oxygen atoms in total. The van der Waals surface area contributed by atoms with Gasteiger partial charge in [-0.05, 0) is 82.0 Å². The molecule has 3 aliphatic rings. The lowest BCUT2D eigenvalue weighted by atomic mass is 9.57. The van der Waals surface area contributed by atoms with Crippen molar-refractivity contribution in [1.82, 2.24) is 9.78 Å². The summed E-state index contributed by atoms with van der Waals surface area (Å²) in [7, 11) is 1.61. The number of fused-ring (bicyclic) bond motifs is 1. The molecule has 1 aromatic heterocycles. The number of halogens is 2. The molecule has 1 aromatic rings. The Bertz CT molecular complexity index is 954. The van der Waals surface area contributed by atoms with Crippen LogP contribution < -0.4 is 4.74 Å². The highest BCUT2D eigenvalue weighted by Crippen LogP contribution is 2.64. The number of ether oxygens (including phenoxy) is 3. The molecule has 3 saturated carbocycles. The van der Waals surface area contributed by atoms with Crippen molar-refractivity contribution >= 4 is 5.78 Å². The standard InChI is InChI=1S/C30H48F2N2O5/c1-21-9-12-28(2,36)19-23(21)6-5-22-10-13-30(31,32)29(3)24(22)7-8-25(29)26(35)20-34-14-11-27(33-34)39-18-17-38-16-15-37-4/h11,14,21-25,36H,5-10,12-13,15-20H2,1-4H3/t21-,22+,23+,24-,25+,28+,29-/m0/s1.